The molecule has 1 unspecified atom stereocenters. The number of nitrogens with one attached hydrogen (secondary N) is 1. The fourth-order valence-corrected chi connectivity index (χ4v) is 3.61. The van der Waals surface area contributed by atoms with Gasteiger partial charge >= 0.3 is 0 Å². The van der Waals surface area contributed by atoms with Crippen LogP contribution >= 0.6 is 0 Å². The number of fused-ring (bicyclic) bond motifs is 3. The molecule has 4 rings (SSSR count). The van der Waals surface area contributed by atoms with E-state index < -0.39 is 0 Å². The predicted octanol–water partition coefficient (Wildman–Crippen LogP) is 2.08. The number of amides is 1. The molecule has 0 aromatic carbocycles. The van der Waals surface area contributed by atoms with Crippen LogP contribution in [-0.4, -0.2) is 43.2 Å². The summed E-state index contributed by atoms with van der Waals surface area (Å²) in [5.41, 5.74) is 3.72. The Morgan fingerprint density at radius 1 is 1.46 bits per heavy atom. The fourth-order valence-electron chi connectivity index (χ4n) is 3.61. The summed E-state index contributed by atoms with van der Waals surface area (Å²) in [4.78, 5) is 25.9. The highest BCUT2D eigenvalue weighted by Crippen LogP contribution is 2.33. The molecule has 1 aliphatic heterocycles. The van der Waals surface area contributed by atoms with Crippen LogP contribution in [0.3, 0.4) is 0 Å². The Hall–Kier alpha value is -2.88. The van der Waals surface area contributed by atoms with Crippen LogP contribution in [0.15, 0.2) is 24.7 Å². The highest BCUT2D eigenvalue weighted by atomic mass is 16.2. The van der Waals surface area contributed by atoms with Crippen molar-refractivity contribution < 1.29 is 4.79 Å². The SMILES string of the molecule is C[C@@H]1CCN(C(=O)CC#N)CC1c1cnc2cnc3[nH]ccc3n12. The molecule has 1 amide bonds. The van der Waals surface area contributed by atoms with Crippen LogP contribution in [0.1, 0.15) is 31.4 Å². The third-order valence-corrected chi connectivity index (χ3v) is 4.99. The number of carbonyl (C=O) groups excluding carboxylic acids is 1. The van der Waals surface area contributed by atoms with Crippen molar-refractivity contribution in [3.8, 4) is 6.07 Å². The zero-order valence-corrected chi connectivity index (χ0v) is 13.4. The van der Waals surface area contributed by atoms with Crippen LogP contribution < -0.4 is 0 Å². The molecule has 0 bridgehead atoms. The molecule has 4 heterocycles. The van der Waals surface area contributed by atoms with E-state index in [0.717, 1.165) is 35.5 Å². The van der Waals surface area contributed by atoms with Gasteiger partial charge < -0.3 is 9.88 Å². The number of piperidine rings is 1. The van der Waals surface area contributed by atoms with E-state index in [-0.39, 0.29) is 18.2 Å². The Morgan fingerprint density at radius 2 is 2.33 bits per heavy atom. The number of nitrogens with zero attached hydrogens (tertiary/aromatic N) is 5. The largest absolute Gasteiger partial charge is 0.345 e. The van der Waals surface area contributed by atoms with E-state index in [2.05, 4.69) is 26.3 Å². The maximum Gasteiger partial charge on any atom is 0.236 e. The minimum Gasteiger partial charge on any atom is -0.345 e. The Bertz CT molecular complexity index is 949. The smallest absolute Gasteiger partial charge is 0.236 e. The summed E-state index contributed by atoms with van der Waals surface area (Å²) in [6.45, 7) is 3.56. The van der Waals surface area contributed by atoms with Crippen molar-refractivity contribution in [2.45, 2.75) is 25.7 Å². The number of imidazole rings is 1. The Balaban J connectivity index is 1.76. The van der Waals surface area contributed by atoms with Gasteiger partial charge in [-0.2, -0.15) is 5.26 Å². The highest BCUT2D eigenvalue weighted by molar-refractivity contribution is 5.78. The second kappa shape index (κ2) is 5.64. The quantitative estimate of drug-likeness (QED) is 0.782. The van der Waals surface area contributed by atoms with Gasteiger partial charge in [-0.1, -0.05) is 6.92 Å². The molecule has 1 fully saturated rings. The van der Waals surface area contributed by atoms with Crippen molar-refractivity contribution >= 4 is 22.7 Å². The first-order chi connectivity index (χ1) is 11.7. The van der Waals surface area contributed by atoms with Crippen LogP contribution in [0, 0.1) is 17.2 Å². The summed E-state index contributed by atoms with van der Waals surface area (Å²) < 4.78 is 2.12. The van der Waals surface area contributed by atoms with Gasteiger partial charge in [-0.05, 0) is 18.4 Å². The number of aromatic amines is 1. The monoisotopic (exact) mass is 322 g/mol. The van der Waals surface area contributed by atoms with Gasteiger partial charge in [0.1, 0.15) is 6.42 Å². The molecule has 24 heavy (non-hydrogen) atoms. The van der Waals surface area contributed by atoms with E-state index in [9.17, 15) is 4.79 Å². The maximum absolute atomic E-state index is 12.1. The number of carbonyl (C=O) groups is 1. The zero-order chi connectivity index (χ0) is 16.7. The molecule has 2 atom stereocenters. The van der Waals surface area contributed by atoms with Gasteiger partial charge in [-0.15, -0.1) is 0 Å². The molecular weight excluding hydrogens is 304 g/mol. The van der Waals surface area contributed by atoms with Crippen LogP contribution in [0.4, 0.5) is 0 Å². The average Bonchev–Trinajstić information content (AvgIpc) is 3.21. The van der Waals surface area contributed by atoms with Crippen molar-refractivity contribution in [1.29, 1.82) is 5.26 Å². The second-order valence-electron chi connectivity index (χ2n) is 6.39. The molecule has 0 radical (unpaired) electrons. The van der Waals surface area contributed by atoms with Gasteiger partial charge in [0.25, 0.3) is 0 Å². The van der Waals surface area contributed by atoms with Gasteiger partial charge in [0.15, 0.2) is 11.3 Å². The van der Waals surface area contributed by atoms with Crippen molar-refractivity contribution in [3.05, 3.63) is 30.4 Å². The summed E-state index contributed by atoms with van der Waals surface area (Å²) >= 11 is 0. The van der Waals surface area contributed by atoms with Gasteiger partial charge in [0.05, 0.1) is 17.8 Å². The lowest BCUT2D eigenvalue weighted by Gasteiger charge is -2.36. The number of H-pyrrole nitrogens is 1. The number of nitriles is 1. The van der Waals surface area contributed by atoms with Gasteiger partial charge in [-0.3, -0.25) is 9.20 Å². The summed E-state index contributed by atoms with van der Waals surface area (Å²) in [5, 5.41) is 8.78. The van der Waals surface area contributed by atoms with Gasteiger partial charge in [0.2, 0.25) is 5.91 Å². The van der Waals surface area contributed by atoms with Crippen molar-refractivity contribution in [3.63, 3.8) is 0 Å². The number of hydrogen-bond acceptors (Lipinski definition) is 4. The predicted molar refractivity (Wildman–Crippen MR) is 88.2 cm³/mol. The molecule has 3 aromatic heterocycles. The van der Waals surface area contributed by atoms with Crippen LogP contribution in [0.5, 0.6) is 0 Å². The molecule has 1 aliphatic rings. The number of rotatable bonds is 2. The van der Waals surface area contributed by atoms with Crippen LogP contribution in [0.2, 0.25) is 0 Å². The van der Waals surface area contributed by atoms with E-state index in [0.29, 0.717) is 12.5 Å². The molecular formula is C17H18N6O. The standard InChI is InChI=1S/C17H18N6O/c1-11-4-7-22(16(24)2-5-18)10-12(11)14-8-20-15-9-21-17-13(23(14)15)3-6-19-17/h3,6,8-9,11-12,19H,2,4,7,10H2,1H3/t11-,12?/m1/s1. The van der Waals surface area contributed by atoms with Gasteiger partial charge in [0, 0.05) is 37.1 Å². The number of likely N-dealkylation sites (tertiary alicyclic amines) is 1. The second-order valence-corrected chi connectivity index (χ2v) is 6.39. The molecule has 7 heteroatoms. The van der Waals surface area contributed by atoms with Crippen molar-refractivity contribution in [1.82, 2.24) is 24.3 Å². The third-order valence-electron chi connectivity index (χ3n) is 4.99. The fraction of sp³-hybridized carbons (Fsp3) is 0.412. The molecule has 7 nitrogen and oxygen atoms in total. The highest BCUT2D eigenvalue weighted by Gasteiger charge is 2.32. The Morgan fingerprint density at radius 3 is 3.17 bits per heavy atom. The summed E-state index contributed by atoms with van der Waals surface area (Å²) in [6.07, 6.45) is 6.39. The Kier molecular flexibility index (Phi) is 3.45. The van der Waals surface area contributed by atoms with Crippen LogP contribution in [-0.2, 0) is 4.79 Å². The first kappa shape index (κ1) is 14.7. The van der Waals surface area contributed by atoms with E-state index in [4.69, 9.17) is 5.26 Å². The minimum absolute atomic E-state index is 0.0553. The summed E-state index contributed by atoms with van der Waals surface area (Å²) in [7, 11) is 0. The average molecular weight is 322 g/mol. The molecule has 1 N–H and O–H groups in total. The third kappa shape index (κ3) is 2.22. The maximum atomic E-state index is 12.1. The summed E-state index contributed by atoms with van der Waals surface area (Å²) in [6, 6.07) is 3.95. The summed E-state index contributed by atoms with van der Waals surface area (Å²) in [5.74, 6) is 0.548. The van der Waals surface area contributed by atoms with Gasteiger partial charge in [-0.25, -0.2) is 9.97 Å². The molecule has 0 spiro atoms. The molecule has 122 valence electrons. The Labute approximate surface area is 138 Å². The van der Waals surface area contributed by atoms with Crippen molar-refractivity contribution in [2.24, 2.45) is 5.92 Å². The lowest BCUT2D eigenvalue weighted by molar-refractivity contribution is -0.131. The van der Waals surface area contributed by atoms with Crippen molar-refractivity contribution in [2.75, 3.05) is 13.1 Å². The number of aromatic nitrogens is 4. The topological polar surface area (TPSA) is 90.1 Å². The van der Waals surface area contributed by atoms with Crippen LogP contribution in [0.25, 0.3) is 16.8 Å². The molecule has 0 aliphatic carbocycles. The first-order valence-corrected chi connectivity index (χ1v) is 8.13. The lowest BCUT2D eigenvalue weighted by Crippen LogP contribution is -2.42. The molecule has 0 saturated carbocycles. The number of hydrogen-bond donors (Lipinski definition) is 1. The lowest BCUT2D eigenvalue weighted by atomic mass is 9.84. The van der Waals surface area contributed by atoms with E-state index in [1.807, 2.05) is 29.4 Å². The van der Waals surface area contributed by atoms with E-state index in [1.54, 1.807) is 6.20 Å². The molecule has 1 saturated heterocycles. The first-order valence-electron chi connectivity index (χ1n) is 8.13. The molecule has 3 aromatic rings. The minimum atomic E-state index is -0.0864. The zero-order valence-electron chi connectivity index (χ0n) is 13.4. The normalized spacial score (nSPS) is 21.2. The van der Waals surface area contributed by atoms with E-state index >= 15 is 0 Å². The van der Waals surface area contributed by atoms with E-state index in [1.165, 1.54) is 0 Å².